The second-order valence-electron chi connectivity index (χ2n) is 5.87. The number of amides is 1. The van der Waals surface area contributed by atoms with Gasteiger partial charge in [-0.05, 0) is 34.1 Å². The summed E-state index contributed by atoms with van der Waals surface area (Å²) in [6.07, 6.45) is 1.81. The molecule has 1 heterocycles. The van der Waals surface area contributed by atoms with Crippen LogP contribution in [0.4, 0.5) is 0 Å². The van der Waals surface area contributed by atoms with E-state index >= 15 is 0 Å². The van der Waals surface area contributed by atoms with Gasteiger partial charge in [-0.2, -0.15) is 0 Å². The molecule has 0 unspecified atom stereocenters. The first-order valence-electron chi connectivity index (χ1n) is 9.19. The Labute approximate surface area is 179 Å². The van der Waals surface area contributed by atoms with E-state index in [1.165, 1.54) is 10.6 Å². The van der Waals surface area contributed by atoms with E-state index in [2.05, 4.69) is 29.1 Å². The van der Waals surface area contributed by atoms with Crippen LogP contribution in [-0.2, 0) is 17.6 Å². The van der Waals surface area contributed by atoms with Crippen LogP contribution in [0.1, 0.15) is 43.3 Å². The Morgan fingerprint density at radius 2 is 1.88 bits per heavy atom. The number of carbonyl (C=O) groups is 1. The molecule has 0 aliphatic heterocycles. The molecule has 0 spiro atoms. The van der Waals surface area contributed by atoms with Gasteiger partial charge in [-0.15, -0.1) is 35.3 Å². The van der Waals surface area contributed by atoms with Gasteiger partial charge in [0.1, 0.15) is 0 Å². The lowest BCUT2D eigenvalue weighted by molar-refractivity contribution is -0.131. The van der Waals surface area contributed by atoms with E-state index in [4.69, 9.17) is 0 Å². The quantitative estimate of drug-likeness (QED) is 0.325. The van der Waals surface area contributed by atoms with Crippen LogP contribution >= 0.6 is 35.3 Å². The second kappa shape index (κ2) is 13.3. The number of hydrogen-bond acceptors (Lipinski definition) is 4. The number of aromatic nitrogens is 1. The summed E-state index contributed by atoms with van der Waals surface area (Å²) in [4.78, 5) is 26.7. The van der Waals surface area contributed by atoms with Crippen molar-refractivity contribution in [1.29, 1.82) is 0 Å². The van der Waals surface area contributed by atoms with Gasteiger partial charge in [-0.25, -0.2) is 4.98 Å². The first-order valence-corrected chi connectivity index (χ1v) is 10.0. The topological polar surface area (TPSA) is 60.8 Å². The van der Waals surface area contributed by atoms with Crippen LogP contribution in [0, 0.1) is 6.92 Å². The minimum Gasteiger partial charge on any atom is -0.357 e. The highest BCUT2D eigenvalue weighted by atomic mass is 127. The normalized spacial score (nSPS) is 11.1. The summed E-state index contributed by atoms with van der Waals surface area (Å²) in [7, 11) is 1.91. The lowest BCUT2D eigenvalue weighted by Crippen LogP contribution is -2.45. The van der Waals surface area contributed by atoms with E-state index < -0.39 is 0 Å². The highest BCUT2D eigenvalue weighted by Crippen LogP contribution is 2.18. The van der Waals surface area contributed by atoms with Crippen LogP contribution in [0.5, 0.6) is 0 Å². The Kier molecular flexibility index (Phi) is 12.8. The van der Waals surface area contributed by atoms with E-state index in [-0.39, 0.29) is 29.9 Å². The van der Waals surface area contributed by atoms with E-state index in [1.807, 2.05) is 37.6 Å². The van der Waals surface area contributed by atoms with Crippen molar-refractivity contribution in [2.24, 2.45) is 4.99 Å². The van der Waals surface area contributed by atoms with Crippen LogP contribution in [0.2, 0.25) is 0 Å². The number of halogens is 1. The number of nitrogens with one attached hydrogen (secondary N) is 1. The monoisotopic (exact) mass is 495 g/mol. The average molecular weight is 495 g/mol. The second-order valence-corrected chi connectivity index (χ2v) is 7.16. The van der Waals surface area contributed by atoms with Gasteiger partial charge in [-0.3, -0.25) is 9.79 Å². The van der Waals surface area contributed by atoms with Crippen molar-refractivity contribution in [3.05, 3.63) is 15.6 Å². The zero-order valence-corrected chi connectivity index (χ0v) is 20.1. The maximum absolute atomic E-state index is 12.3. The highest BCUT2D eigenvalue weighted by Gasteiger charge is 2.15. The van der Waals surface area contributed by atoms with E-state index in [1.54, 1.807) is 11.3 Å². The molecule has 1 rings (SSSR count). The molecule has 0 bridgehead atoms. The molecule has 0 saturated carbocycles. The zero-order valence-electron chi connectivity index (χ0n) is 17.0. The predicted octanol–water partition coefficient (Wildman–Crippen LogP) is 2.94. The fourth-order valence-corrected chi connectivity index (χ4v) is 3.61. The van der Waals surface area contributed by atoms with Gasteiger partial charge >= 0.3 is 0 Å². The van der Waals surface area contributed by atoms with Gasteiger partial charge < -0.3 is 15.1 Å². The summed E-state index contributed by atoms with van der Waals surface area (Å²) in [6.45, 7) is 13.6. The molecule has 0 radical (unpaired) electrons. The minimum absolute atomic E-state index is 0. The number of hydrogen-bond donors (Lipinski definition) is 1. The Balaban J connectivity index is 0.00000625. The van der Waals surface area contributed by atoms with Crippen molar-refractivity contribution in [2.75, 3.05) is 39.8 Å². The fourth-order valence-electron chi connectivity index (χ4n) is 2.60. The fraction of sp³-hybridized carbons (Fsp3) is 0.722. The van der Waals surface area contributed by atoms with Crippen LogP contribution in [0.3, 0.4) is 0 Å². The average Bonchev–Trinajstić information content (AvgIpc) is 2.94. The van der Waals surface area contributed by atoms with Crippen molar-refractivity contribution < 1.29 is 4.79 Å². The summed E-state index contributed by atoms with van der Waals surface area (Å²) >= 11 is 1.76. The molecule has 0 saturated heterocycles. The molecule has 0 aliphatic carbocycles. The molecule has 1 amide bonds. The number of likely N-dealkylation sites (N-methyl/N-ethyl adjacent to an activating group) is 2. The molecule has 150 valence electrons. The van der Waals surface area contributed by atoms with Crippen molar-refractivity contribution >= 4 is 47.2 Å². The number of carbonyl (C=O) groups excluding carboxylic acids is 1. The van der Waals surface area contributed by atoms with Crippen LogP contribution < -0.4 is 5.32 Å². The van der Waals surface area contributed by atoms with Crippen molar-refractivity contribution in [3.63, 3.8) is 0 Å². The summed E-state index contributed by atoms with van der Waals surface area (Å²) in [5.74, 6) is 0.897. The Morgan fingerprint density at radius 3 is 2.38 bits per heavy atom. The van der Waals surface area contributed by atoms with E-state index in [9.17, 15) is 4.79 Å². The van der Waals surface area contributed by atoms with Gasteiger partial charge in [0, 0.05) is 44.5 Å². The van der Waals surface area contributed by atoms with Crippen molar-refractivity contribution in [3.8, 4) is 0 Å². The SMILES string of the molecule is CCNC(=NCCc1nc(CC)c(C)s1)N(C)CC(=O)N(CC)CC.I. The first-order chi connectivity index (χ1) is 12.0. The van der Waals surface area contributed by atoms with Gasteiger partial charge in [-0.1, -0.05) is 6.92 Å². The molecule has 1 N–H and O–H groups in total. The molecule has 6 nitrogen and oxygen atoms in total. The molecule has 0 aromatic carbocycles. The van der Waals surface area contributed by atoms with E-state index in [0.29, 0.717) is 13.1 Å². The number of thiazole rings is 1. The molecule has 26 heavy (non-hydrogen) atoms. The van der Waals surface area contributed by atoms with Crippen LogP contribution in [0.15, 0.2) is 4.99 Å². The van der Waals surface area contributed by atoms with Crippen LogP contribution in [0.25, 0.3) is 0 Å². The summed E-state index contributed by atoms with van der Waals surface area (Å²) in [5.41, 5.74) is 1.19. The van der Waals surface area contributed by atoms with Crippen LogP contribution in [-0.4, -0.2) is 66.4 Å². The smallest absolute Gasteiger partial charge is 0.242 e. The lowest BCUT2D eigenvalue weighted by atomic mass is 10.3. The summed E-state index contributed by atoms with van der Waals surface area (Å²) in [6, 6.07) is 0. The van der Waals surface area contributed by atoms with Gasteiger partial charge in [0.2, 0.25) is 5.91 Å². The molecular weight excluding hydrogens is 461 g/mol. The van der Waals surface area contributed by atoms with Gasteiger partial charge in [0.15, 0.2) is 5.96 Å². The summed E-state index contributed by atoms with van der Waals surface area (Å²) in [5, 5.41) is 4.40. The number of rotatable bonds is 9. The molecule has 8 heteroatoms. The number of nitrogens with zero attached hydrogens (tertiary/aromatic N) is 4. The molecule has 0 aliphatic rings. The van der Waals surface area contributed by atoms with Crippen molar-refractivity contribution in [2.45, 2.75) is 47.5 Å². The number of guanidine groups is 1. The largest absolute Gasteiger partial charge is 0.357 e. The first kappa shape index (κ1) is 25.1. The molecule has 0 fully saturated rings. The van der Waals surface area contributed by atoms with Crippen molar-refractivity contribution in [1.82, 2.24) is 20.1 Å². The Bertz CT molecular complexity index is 572. The van der Waals surface area contributed by atoms with E-state index in [0.717, 1.165) is 43.4 Å². The standard InChI is InChI=1S/C18H33N5OS.HI/c1-7-15-14(5)25-16(21-15)11-12-20-18(19-8-2)22(6)13-17(24)23(9-3)10-4;/h7-13H2,1-6H3,(H,19,20);1H. The highest BCUT2D eigenvalue weighted by molar-refractivity contribution is 14.0. The molecule has 0 atom stereocenters. The lowest BCUT2D eigenvalue weighted by Gasteiger charge is -2.25. The third-order valence-corrected chi connectivity index (χ3v) is 5.12. The van der Waals surface area contributed by atoms with Gasteiger partial charge in [0.25, 0.3) is 0 Å². The number of aryl methyl sites for hydroxylation is 2. The third-order valence-electron chi connectivity index (χ3n) is 4.04. The maximum atomic E-state index is 12.3. The Morgan fingerprint density at radius 1 is 1.23 bits per heavy atom. The van der Waals surface area contributed by atoms with Gasteiger partial charge in [0.05, 0.1) is 17.2 Å². The number of aliphatic imine (C=N–C) groups is 1. The molecule has 1 aromatic heterocycles. The molecule has 1 aromatic rings. The maximum Gasteiger partial charge on any atom is 0.242 e. The predicted molar refractivity (Wildman–Crippen MR) is 122 cm³/mol. The summed E-state index contributed by atoms with van der Waals surface area (Å²) < 4.78 is 0. The third kappa shape index (κ3) is 7.77. The Hall–Kier alpha value is -0.900. The zero-order chi connectivity index (χ0) is 18.8. The minimum atomic E-state index is 0. The molecular formula is C18H34IN5OS.